The van der Waals surface area contributed by atoms with Crippen LogP contribution in [0, 0.1) is 17.3 Å². The van der Waals surface area contributed by atoms with Crippen LogP contribution < -0.4 is 44.1 Å². The number of ether oxygens (including phenoxy) is 7. The number of aromatic hydroxyl groups is 1. The summed E-state index contributed by atoms with van der Waals surface area (Å²) in [7, 11) is 6.34. The van der Waals surface area contributed by atoms with Crippen molar-refractivity contribution in [2.75, 3.05) is 66.5 Å². The summed E-state index contributed by atoms with van der Waals surface area (Å²) in [6.45, 7) is 9.37. The largest absolute Gasteiger partial charge is 0.508 e. The van der Waals surface area contributed by atoms with Gasteiger partial charge in [0.2, 0.25) is 24.4 Å². The topological polar surface area (TPSA) is 159 Å². The molecule has 4 unspecified atom stereocenters. The number of benzene rings is 4. The molecule has 0 bridgehead atoms. The zero-order valence-electron chi connectivity index (χ0n) is 36.8. The minimum absolute atomic E-state index is 0.0675. The first kappa shape index (κ1) is 43.9. The molecule has 14 heteroatoms. The molecule has 0 saturated carbocycles. The van der Waals surface area contributed by atoms with E-state index in [2.05, 4.69) is 10.6 Å². The first-order valence-corrected chi connectivity index (χ1v) is 21.0. The highest BCUT2D eigenvalue weighted by atomic mass is 16.7. The van der Waals surface area contributed by atoms with Gasteiger partial charge in [-0.05, 0) is 104 Å². The molecule has 4 aromatic carbocycles. The molecule has 3 N–H and O–H groups in total. The zero-order chi connectivity index (χ0) is 44.2. The second-order valence-electron chi connectivity index (χ2n) is 16.8. The van der Waals surface area contributed by atoms with Gasteiger partial charge in [0.05, 0.1) is 57.9 Å². The Hall–Kier alpha value is -6.15. The van der Waals surface area contributed by atoms with Gasteiger partial charge in [0.25, 0.3) is 0 Å². The van der Waals surface area contributed by atoms with Crippen LogP contribution in [0.3, 0.4) is 0 Å². The maximum Gasteiger partial charge on any atom is 0.231 e. The Morgan fingerprint density at radius 2 is 1.55 bits per heavy atom. The lowest BCUT2D eigenvalue weighted by Gasteiger charge is -2.39. The Morgan fingerprint density at radius 1 is 0.871 bits per heavy atom. The van der Waals surface area contributed by atoms with E-state index < -0.39 is 22.9 Å². The molecule has 4 atom stereocenters. The average Bonchev–Trinajstić information content (AvgIpc) is 3.95. The van der Waals surface area contributed by atoms with E-state index in [9.17, 15) is 9.90 Å². The fourth-order valence-corrected chi connectivity index (χ4v) is 8.40. The quantitative estimate of drug-likeness (QED) is 0.0964. The van der Waals surface area contributed by atoms with Crippen molar-refractivity contribution in [1.82, 2.24) is 10.6 Å². The van der Waals surface area contributed by atoms with Gasteiger partial charge in [-0.25, -0.2) is 0 Å². The SMILES string of the molecule is CCC(C)(CNC(=O)C1C2CN(c3ccc(OC)cc3)N=C2c2cc3c(cc2C1c1cc(OC)c(OC)c(OC)c1)OCO3)OCCC(C)(C)C(=O)NCCc1ccc(O)cc1. The maximum absolute atomic E-state index is 15.2. The summed E-state index contributed by atoms with van der Waals surface area (Å²) >= 11 is 0. The lowest BCUT2D eigenvalue weighted by molar-refractivity contribution is -0.132. The van der Waals surface area contributed by atoms with Crippen LogP contribution in [0.5, 0.6) is 40.2 Å². The van der Waals surface area contributed by atoms with E-state index in [-0.39, 0.29) is 36.8 Å². The van der Waals surface area contributed by atoms with E-state index >= 15 is 4.79 Å². The summed E-state index contributed by atoms with van der Waals surface area (Å²) in [5, 5.41) is 23.1. The van der Waals surface area contributed by atoms with E-state index in [0.717, 1.165) is 39.4 Å². The first-order valence-electron chi connectivity index (χ1n) is 21.0. The summed E-state index contributed by atoms with van der Waals surface area (Å²) in [6.07, 6.45) is 1.74. The van der Waals surface area contributed by atoms with E-state index in [1.54, 1.807) is 40.6 Å². The highest BCUT2D eigenvalue weighted by Crippen LogP contribution is 2.52. The Morgan fingerprint density at radius 3 is 2.18 bits per heavy atom. The minimum atomic E-state index is -0.733. The van der Waals surface area contributed by atoms with Crippen molar-refractivity contribution < 1.29 is 47.9 Å². The van der Waals surface area contributed by atoms with Crippen LogP contribution in [0.25, 0.3) is 0 Å². The summed E-state index contributed by atoms with van der Waals surface area (Å²) in [6, 6.07) is 22.4. The number of carbonyl (C=O) groups is 2. The number of hydrogen-bond donors (Lipinski definition) is 3. The number of fused-ring (bicyclic) bond motifs is 4. The van der Waals surface area contributed by atoms with Crippen LogP contribution >= 0.6 is 0 Å². The first-order chi connectivity index (χ1) is 29.8. The number of nitrogens with zero attached hydrogens (tertiary/aromatic N) is 2. The van der Waals surface area contributed by atoms with Gasteiger partial charge in [-0.2, -0.15) is 5.10 Å². The number of phenolic OH excluding ortho intramolecular Hbond substituents is 1. The number of phenols is 1. The van der Waals surface area contributed by atoms with Crippen molar-refractivity contribution >= 4 is 23.2 Å². The molecule has 4 aromatic rings. The Balaban J connectivity index is 1.15. The number of nitrogens with one attached hydrogen (secondary N) is 2. The average molecular weight is 851 g/mol. The number of hydrazone groups is 1. The highest BCUT2D eigenvalue weighted by Gasteiger charge is 2.50. The van der Waals surface area contributed by atoms with Crippen LogP contribution in [-0.2, 0) is 20.7 Å². The second-order valence-corrected chi connectivity index (χ2v) is 16.8. The fraction of sp³-hybridized carbons (Fsp3) is 0.438. The maximum atomic E-state index is 15.2. The van der Waals surface area contributed by atoms with Crippen molar-refractivity contribution in [3.05, 3.63) is 95.1 Å². The zero-order valence-corrected chi connectivity index (χ0v) is 36.8. The van der Waals surface area contributed by atoms with Gasteiger partial charge in [-0.1, -0.05) is 32.9 Å². The van der Waals surface area contributed by atoms with E-state index in [1.807, 2.05) is 93.4 Å². The number of rotatable bonds is 18. The molecule has 7 rings (SSSR count). The Bertz CT molecular complexity index is 2250. The smallest absolute Gasteiger partial charge is 0.231 e. The van der Waals surface area contributed by atoms with Gasteiger partial charge in [-0.3, -0.25) is 14.6 Å². The number of methoxy groups -OCH3 is 4. The normalized spacial score (nSPS) is 18.5. The molecule has 62 heavy (non-hydrogen) atoms. The summed E-state index contributed by atoms with van der Waals surface area (Å²) < 4.78 is 41.1. The third-order valence-corrected chi connectivity index (χ3v) is 12.4. The molecular weight excluding hydrogens is 793 g/mol. The van der Waals surface area contributed by atoms with E-state index in [4.69, 9.17) is 38.3 Å². The van der Waals surface area contributed by atoms with Gasteiger partial charge in [0, 0.05) is 42.5 Å². The van der Waals surface area contributed by atoms with Gasteiger partial charge < -0.3 is 48.9 Å². The second kappa shape index (κ2) is 18.4. The van der Waals surface area contributed by atoms with Gasteiger partial charge in [0.1, 0.15) is 11.5 Å². The molecule has 2 heterocycles. The molecule has 0 radical (unpaired) electrons. The summed E-state index contributed by atoms with van der Waals surface area (Å²) in [4.78, 5) is 28.4. The molecule has 3 aliphatic rings. The van der Waals surface area contributed by atoms with Gasteiger partial charge >= 0.3 is 0 Å². The van der Waals surface area contributed by atoms with Crippen LogP contribution in [0.4, 0.5) is 5.69 Å². The number of anilines is 1. The van der Waals surface area contributed by atoms with E-state index in [0.29, 0.717) is 67.7 Å². The number of carbonyl (C=O) groups excluding carboxylic acids is 2. The van der Waals surface area contributed by atoms with Gasteiger partial charge in [0.15, 0.2) is 23.0 Å². The van der Waals surface area contributed by atoms with Crippen LogP contribution in [-0.4, -0.2) is 89.7 Å². The molecule has 14 nitrogen and oxygen atoms in total. The molecule has 330 valence electrons. The predicted octanol–water partition coefficient (Wildman–Crippen LogP) is 6.83. The van der Waals surface area contributed by atoms with E-state index in [1.165, 1.54) is 0 Å². The Kier molecular flexibility index (Phi) is 13.1. The molecule has 2 amide bonds. The molecular formula is C48H58N4O10. The summed E-state index contributed by atoms with van der Waals surface area (Å²) in [5.74, 6) is 1.78. The van der Waals surface area contributed by atoms with Crippen molar-refractivity contribution in [1.29, 1.82) is 0 Å². The molecule has 0 saturated heterocycles. The highest BCUT2D eigenvalue weighted by molar-refractivity contribution is 6.10. The number of hydrogen-bond acceptors (Lipinski definition) is 12. The lowest BCUT2D eigenvalue weighted by Crippen LogP contribution is -2.50. The van der Waals surface area contributed by atoms with Crippen LogP contribution in [0.1, 0.15) is 68.7 Å². The summed E-state index contributed by atoms with van der Waals surface area (Å²) in [5.41, 5.74) is 3.74. The minimum Gasteiger partial charge on any atom is -0.508 e. The predicted molar refractivity (Wildman–Crippen MR) is 235 cm³/mol. The Labute approximate surface area is 363 Å². The van der Waals surface area contributed by atoms with Gasteiger partial charge in [-0.15, -0.1) is 0 Å². The molecule has 1 aliphatic carbocycles. The van der Waals surface area contributed by atoms with Crippen LogP contribution in [0.15, 0.2) is 77.9 Å². The molecule has 0 fully saturated rings. The van der Waals surface area contributed by atoms with Crippen molar-refractivity contribution in [3.63, 3.8) is 0 Å². The molecule has 0 spiro atoms. The number of amides is 2. The fourth-order valence-electron chi connectivity index (χ4n) is 8.40. The molecule has 0 aromatic heterocycles. The van der Waals surface area contributed by atoms with Crippen molar-refractivity contribution in [2.24, 2.45) is 22.4 Å². The third kappa shape index (κ3) is 9.06. The lowest BCUT2D eigenvalue weighted by atomic mass is 9.65. The monoisotopic (exact) mass is 850 g/mol. The van der Waals surface area contributed by atoms with Crippen molar-refractivity contribution in [3.8, 4) is 40.2 Å². The van der Waals surface area contributed by atoms with Crippen molar-refractivity contribution in [2.45, 2.75) is 58.5 Å². The standard InChI is InChI=1S/C48H58N4O10/c1-9-48(4,62-21-19-47(2,3)46(55)49-20-18-29-10-14-32(53)15-11-29)27-50-45(54)42-36-26-52(31-12-16-33(56-5)17-13-31)51-43(36)35-25-38-37(60-28-61-38)24-34(35)41(42)30-22-39(57-6)44(59-8)40(23-30)58-7/h10-17,22-25,36,41-42,53H,9,18-21,26-28H2,1-8H3,(H,49,55)(H,50,54). The third-order valence-electron chi connectivity index (χ3n) is 12.4. The molecule has 2 aliphatic heterocycles. The van der Waals surface area contributed by atoms with Crippen LogP contribution in [0.2, 0.25) is 0 Å².